The normalized spacial score (nSPS) is 26.3. The van der Waals surface area contributed by atoms with Crippen molar-refractivity contribution in [2.24, 2.45) is 0 Å². The smallest absolute Gasteiger partial charge is 0.459 e. The van der Waals surface area contributed by atoms with Gasteiger partial charge in [-0.1, -0.05) is 0 Å². The van der Waals surface area contributed by atoms with Crippen molar-refractivity contribution in [1.82, 2.24) is 14.6 Å². The van der Waals surface area contributed by atoms with Crippen LogP contribution in [0.1, 0.15) is 33.9 Å². The van der Waals surface area contributed by atoms with Gasteiger partial charge in [0.25, 0.3) is 5.56 Å². The highest BCUT2D eigenvalue weighted by Gasteiger charge is 2.56. The number of aliphatic hydroxyl groups is 1. The van der Waals surface area contributed by atoms with Crippen LogP contribution in [-0.4, -0.2) is 64.0 Å². The zero-order valence-electron chi connectivity index (χ0n) is 21.5. The fourth-order valence-corrected chi connectivity index (χ4v) is 5.41. The number of ether oxygens (including phenoxy) is 4. The summed E-state index contributed by atoms with van der Waals surface area (Å²) in [6.07, 6.45) is -4.35. The predicted octanol–water partition coefficient (Wildman–Crippen LogP) is 1.39. The van der Waals surface area contributed by atoms with Crippen LogP contribution >= 0.6 is 7.75 Å². The molecule has 2 aliphatic rings. The molecule has 6 atom stereocenters. The molecule has 0 amide bonds. The Morgan fingerprint density at radius 1 is 1.28 bits per heavy atom. The molecule has 1 aromatic carbocycles. The summed E-state index contributed by atoms with van der Waals surface area (Å²) in [5.74, 6) is 0.0472. The van der Waals surface area contributed by atoms with Crippen molar-refractivity contribution in [2.75, 3.05) is 13.4 Å². The number of nitrogens with zero attached hydrogens (tertiary/aromatic N) is 1. The maximum atomic E-state index is 15.5. The first-order valence-corrected chi connectivity index (χ1v) is 13.5. The van der Waals surface area contributed by atoms with E-state index in [1.165, 1.54) is 25.1 Å². The molecule has 0 unspecified atom stereocenters. The Hall–Kier alpha value is -3.23. The second-order valence-electron chi connectivity index (χ2n) is 9.38. The SMILES string of the molecule is CC(C)OC(=O)[C@H](C)N[P@@](=O)(OC[C@H]1O[C@@H](n2ccc(=O)[nH]c2=O)[C@](C)(F)[C@@H]1O)Oc1ccc2c(c1)OCO2. The Bertz CT molecular complexity index is 1380. The average molecular weight is 573 g/mol. The number of carbonyl (C=O) groups excluding carboxylic acids is 1. The molecular weight excluding hydrogens is 544 g/mol. The molecule has 0 radical (unpaired) electrons. The van der Waals surface area contributed by atoms with Gasteiger partial charge in [0.05, 0.1) is 12.7 Å². The number of halogens is 1. The van der Waals surface area contributed by atoms with Crippen LogP contribution in [0.2, 0.25) is 0 Å². The van der Waals surface area contributed by atoms with Crippen LogP contribution in [0.25, 0.3) is 0 Å². The number of carbonyl (C=O) groups is 1. The third kappa shape index (κ3) is 6.34. The molecular formula is C23H29FN3O11P. The van der Waals surface area contributed by atoms with Gasteiger partial charge in [-0.05, 0) is 39.8 Å². The number of esters is 1. The number of H-pyrrole nitrogens is 1. The Morgan fingerprint density at radius 2 is 2.00 bits per heavy atom. The van der Waals surface area contributed by atoms with Gasteiger partial charge in [-0.15, -0.1) is 0 Å². The highest BCUT2D eigenvalue weighted by Crippen LogP contribution is 2.49. The lowest BCUT2D eigenvalue weighted by atomic mass is 9.98. The van der Waals surface area contributed by atoms with E-state index < -0.39 is 67.8 Å². The monoisotopic (exact) mass is 573 g/mol. The van der Waals surface area contributed by atoms with Gasteiger partial charge in [-0.2, -0.15) is 5.09 Å². The van der Waals surface area contributed by atoms with Crippen molar-refractivity contribution in [3.63, 3.8) is 0 Å². The number of fused-ring (bicyclic) bond motifs is 1. The van der Waals surface area contributed by atoms with Gasteiger partial charge in [-0.3, -0.25) is 23.7 Å². The molecule has 3 N–H and O–H groups in total. The number of nitrogens with one attached hydrogen (secondary N) is 2. The van der Waals surface area contributed by atoms with E-state index in [-0.39, 0.29) is 12.5 Å². The number of aromatic nitrogens is 2. The molecule has 4 rings (SSSR count). The molecule has 16 heteroatoms. The Kier molecular flexibility index (Phi) is 8.19. The fourth-order valence-electron chi connectivity index (χ4n) is 3.92. The van der Waals surface area contributed by atoms with Crippen LogP contribution in [0, 0.1) is 0 Å². The second kappa shape index (κ2) is 11.1. The standard InChI is InChI=1S/C23H29FN3O11P/c1-12(2)36-20(30)13(3)26-39(32,38-14-5-6-15-16(9-14)34-11-33-15)35-10-17-19(29)23(4,24)21(37-17)27-8-7-18(28)25-22(27)31/h5-9,12-13,17,19,21,29H,10-11H2,1-4H3,(H,26,32)(H,25,28,31)/t13-,17+,19+,21+,23+,39+/m0/s1. The van der Waals surface area contributed by atoms with Gasteiger partial charge in [0.2, 0.25) is 6.79 Å². The quantitative estimate of drug-likeness (QED) is 0.275. The van der Waals surface area contributed by atoms with E-state index >= 15 is 4.39 Å². The van der Waals surface area contributed by atoms with E-state index in [2.05, 4.69) is 5.09 Å². The summed E-state index contributed by atoms with van der Waals surface area (Å²) in [6.45, 7) is 4.96. The number of alkyl halides is 1. The maximum Gasteiger partial charge on any atom is 0.459 e. The van der Waals surface area contributed by atoms with Crippen molar-refractivity contribution in [2.45, 2.75) is 63.9 Å². The van der Waals surface area contributed by atoms with Gasteiger partial charge < -0.3 is 28.6 Å². The number of hydrogen-bond donors (Lipinski definition) is 3. The number of rotatable bonds is 10. The minimum Gasteiger partial charge on any atom is -0.462 e. The first-order chi connectivity index (χ1) is 18.3. The molecule has 2 aliphatic heterocycles. The highest BCUT2D eigenvalue weighted by molar-refractivity contribution is 7.52. The molecule has 1 saturated heterocycles. The summed E-state index contributed by atoms with van der Waals surface area (Å²) in [5, 5.41) is 13.1. The number of aliphatic hydroxyl groups excluding tert-OH is 1. The maximum absolute atomic E-state index is 15.5. The van der Waals surface area contributed by atoms with Crippen molar-refractivity contribution in [3.05, 3.63) is 51.3 Å². The number of aromatic amines is 1. The molecule has 214 valence electrons. The van der Waals surface area contributed by atoms with Crippen LogP contribution in [-0.2, 0) is 23.4 Å². The highest BCUT2D eigenvalue weighted by atomic mass is 31.2. The minimum atomic E-state index is -4.43. The Labute approximate surface area is 221 Å². The van der Waals surface area contributed by atoms with Crippen molar-refractivity contribution in [1.29, 1.82) is 0 Å². The number of benzene rings is 1. The Morgan fingerprint density at radius 3 is 2.69 bits per heavy atom. The molecule has 14 nitrogen and oxygen atoms in total. The first kappa shape index (κ1) is 28.8. The van der Waals surface area contributed by atoms with E-state index in [9.17, 15) is 24.1 Å². The molecule has 1 fully saturated rings. The third-order valence-electron chi connectivity index (χ3n) is 5.86. The van der Waals surface area contributed by atoms with Crippen LogP contribution in [0.4, 0.5) is 4.39 Å². The zero-order valence-corrected chi connectivity index (χ0v) is 22.4. The van der Waals surface area contributed by atoms with Crippen LogP contribution in [0.5, 0.6) is 17.2 Å². The minimum absolute atomic E-state index is 0.0122. The lowest BCUT2D eigenvalue weighted by molar-refractivity contribution is -0.149. The lowest BCUT2D eigenvalue weighted by Gasteiger charge is -2.25. The second-order valence-corrected chi connectivity index (χ2v) is 11.1. The zero-order chi connectivity index (χ0) is 28.5. The van der Waals surface area contributed by atoms with E-state index in [0.29, 0.717) is 11.5 Å². The van der Waals surface area contributed by atoms with Gasteiger partial charge in [0.15, 0.2) is 23.4 Å². The summed E-state index contributed by atoms with van der Waals surface area (Å²) in [4.78, 5) is 37.9. The summed E-state index contributed by atoms with van der Waals surface area (Å²) in [7, 11) is -4.43. The third-order valence-corrected chi connectivity index (χ3v) is 7.50. The Balaban J connectivity index is 1.54. The van der Waals surface area contributed by atoms with E-state index in [4.69, 9.17) is 28.0 Å². The average Bonchev–Trinajstić information content (AvgIpc) is 3.39. The molecule has 0 aliphatic carbocycles. The predicted molar refractivity (Wildman–Crippen MR) is 131 cm³/mol. The molecule has 0 bridgehead atoms. The summed E-state index contributed by atoms with van der Waals surface area (Å²) in [5.41, 5.74) is -4.17. The molecule has 0 saturated carbocycles. The largest absolute Gasteiger partial charge is 0.462 e. The fraction of sp³-hybridized carbons (Fsp3) is 0.522. The van der Waals surface area contributed by atoms with E-state index in [0.717, 1.165) is 23.8 Å². The molecule has 3 heterocycles. The summed E-state index contributed by atoms with van der Waals surface area (Å²) >= 11 is 0. The van der Waals surface area contributed by atoms with Crippen molar-refractivity contribution < 1.29 is 46.9 Å². The van der Waals surface area contributed by atoms with Crippen molar-refractivity contribution in [3.8, 4) is 17.2 Å². The van der Waals surface area contributed by atoms with Gasteiger partial charge in [0.1, 0.15) is 24.0 Å². The van der Waals surface area contributed by atoms with Gasteiger partial charge in [-0.25, -0.2) is 13.8 Å². The van der Waals surface area contributed by atoms with Gasteiger partial charge >= 0.3 is 19.4 Å². The summed E-state index contributed by atoms with van der Waals surface area (Å²) < 4.78 is 62.4. The molecule has 0 spiro atoms. The number of hydrogen-bond acceptors (Lipinski definition) is 11. The molecule has 2 aromatic rings. The first-order valence-electron chi connectivity index (χ1n) is 11.9. The van der Waals surface area contributed by atoms with Crippen LogP contribution < -0.4 is 30.3 Å². The topological polar surface area (TPSA) is 177 Å². The van der Waals surface area contributed by atoms with Crippen molar-refractivity contribution >= 4 is 13.7 Å². The van der Waals surface area contributed by atoms with Crippen LogP contribution in [0.15, 0.2) is 40.1 Å². The van der Waals surface area contributed by atoms with Gasteiger partial charge in [0, 0.05) is 18.3 Å². The van der Waals surface area contributed by atoms with E-state index in [1.807, 2.05) is 4.98 Å². The van der Waals surface area contributed by atoms with Crippen LogP contribution in [0.3, 0.4) is 0 Å². The molecule has 39 heavy (non-hydrogen) atoms. The molecule has 1 aromatic heterocycles. The lowest BCUT2D eigenvalue weighted by Crippen LogP contribution is -2.43. The summed E-state index contributed by atoms with van der Waals surface area (Å²) in [6, 6.07) is 4.17. The van der Waals surface area contributed by atoms with E-state index in [1.54, 1.807) is 13.8 Å².